The van der Waals surface area contributed by atoms with E-state index in [2.05, 4.69) is 36.7 Å². The van der Waals surface area contributed by atoms with Gasteiger partial charge in [0.2, 0.25) is 29.5 Å². The third-order valence-electron chi connectivity index (χ3n) is 10.2. The molecule has 0 spiro atoms. The number of fused-ring (bicyclic) bond motifs is 17. The summed E-state index contributed by atoms with van der Waals surface area (Å²) in [6.45, 7) is 2.41. The minimum absolute atomic E-state index is 0.0149. The van der Waals surface area contributed by atoms with Crippen LogP contribution in [0.1, 0.15) is 44.2 Å². The molecule has 5 heterocycles. The first kappa shape index (κ1) is 40.4. The van der Waals surface area contributed by atoms with E-state index in [0.717, 1.165) is 21.5 Å². The molecule has 0 unspecified atom stereocenters. The number of carbonyl (C=O) groups excluding carboxylic acids is 7. The van der Waals surface area contributed by atoms with Crippen LogP contribution in [-0.2, 0) is 46.4 Å². The summed E-state index contributed by atoms with van der Waals surface area (Å²) in [5.41, 5.74) is 2.49. The number of aliphatic hydroxyl groups excluding tert-OH is 1. The first-order valence-electron chi connectivity index (χ1n) is 18.9. The smallest absolute Gasteiger partial charge is 0.267 e. The van der Waals surface area contributed by atoms with Crippen LogP contribution in [0.5, 0.6) is 5.75 Å². The van der Waals surface area contributed by atoms with Crippen LogP contribution in [0.4, 0.5) is 0 Å². The Hall–Kier alpha value is -6.30. The van der Waals surface area contributed by atoms with E-state index in [4.69, 9.17) is 4.74 Å². The van der Waals surface area contributed by atoms with Gasteiger partial charge in [0.1, 0.15) is 35.6 Å². The van der Waals surface area contributed by atoms with Crippen molar-refractivity contribution in [2.45, 2.75) is 82.3 Å². The molecule has 1 fully saturated rings. The Morgan fingerprint density at radius 3 is 2.46 bits per heavy atom. The predicted octanol–water partition coefficient (Wildman–Crippen LogP) is -0.989. The van der Waals surface area contributed by atoms with Gasteiger partial charge < -0.3 is 46.3 Å². The zero-order valence-electron chi connectivity index (χ0n) is 31.9. The Kier molecular flexibility index (Phi) is 12.5. The number of carbonyl (C=O) groups is 7. The number of hydrogen-bond acceptors (Lipinski definition) is 10. The van der Waals surface area contributed by atoms with E-state index in [1.54, 1.807) is 30.5 Å². The summed E-state index contributed by atoms with van der Waals surface area (Å²) in [6, 6.07) is 8.53. The van der Waals surface area contributed by atoms with Gasteiger partial charge in [-0.3, -0.25) is 33.6 Å². The second kappa shape index (κ2) is 17.7. The molecule has 0 aliphatic carbocycles. The Morgan fingerprint density at radius 2 is 1.72 bits per heavy atom. The molecule has 4 aliphatic heterocycles. The highest BCUT2D eigenvalue weighted by Crippen LogP contribution is 2.24. The highest BCUT2D eigenvalue weighted by Gasteiger charge is 2.44. The van der Waals surface area contributed by atoms with Crippen molar-refractivity contribution >= 4 is 58.0 Å². The first-order chi connectivity index (χ1) is 27.3. The van der Waals surface area contributed by atoms with Gasteiger partial charge in [-0.2, -0.15) is 5.10 Å². The molecule has 57 heavy (non-hydrogen) atoms. The maximum Gasteiger partial charge on any atom is 0.267 e. The van der Waals surface area contributed by atoms with Crippen LogP contribution in [0.2, 0.25) is 0 Å². The predicted molar refractivity (Wildman–Crippen MR) is 205 cm³/mol. The van der Waals surface area contributed by atoms with E-state index in [-0.39, 0.29) is 50.4 Å². The van der Waals surface area contributed by atoms with Gasteiger partial charge in [-0.25, -0.2) is 5.01 Å². The molecule has 1 saturated heterocycles. The number of benzene rings is 2. The third-order valence-corrected chi connectivity index (χ3v) is 10.2. The van der Waals surface area contributed by atoms with Crippen LogP contribution in [0.25, 0.3) is 10.9 Å². The molecule has 3 aromatic rings. The largest absolute Gasteiger partial charge is 0.484 e. The third kappa shape index (κ3) is 9.75. The molecule has 0 saturated carbocycles. The van der Waals surface area contributed by atoms with Crippen molar-refractivity contribution in [2.75, 3.05) is 26.7 Å². The monoisotopic (exact) mass is 785 g/mol. The molecular weight excluding hydrogens is 738 g/mol. The van der Waals surface area contributed by atoms with Crippen molar-refractivity contribution in [1.82, 2.24) is 41.5 Å². The van der Waals surface area contributed by atoms with E-state index in [9.17, 15) is 38.7 Å². The van der Waals surface area contributed by atoms with Gasteiger partial charge in [0.15, 0.2) is 6.61 Å². The van der Waals surface area contributed by atoms with Gasteiger partial charge in [0, 0.05) is 62.5 Å². The fourth-order valence-corrected chi connectivity index (χ4v) is 7.10. The summed E-state index contributed by atoms with van der Waals surface area (Å²) in [4.78, 5) is 98.4. The second-order valence-corrected chi connectivity index (χ2v) is 14.5. The maximum atomic E-state index is 14.7. The van der Waals surface area contributed by atoms with Crippen LogP contribution in [0, 0.1) is 0 Å². The van der Waals surface area contributed by atoms with Gasteiger partial charge in [0.05, 0.1) is 6.10 Å². The summed E-state index contributed by atoms with van der Waals surface area (Å²) in [5.74, 6) is -3.84. The highest BCUT2D eigenvalue weighted by molar-refractivity contribution is 6.39. The number of amides is 7. The number of nitrogens with zero attached hydrogens (tertiary/aromatic N) is 3. The van der Waals surface area contributed by atoms with Gasteiger partial charge in [-0.05, 0) is 56.0 Å². The summed E-state index contributed by atoms with van der Waals surface area (Å²) in [7, 11) is 1.44. The molecule has 7 amide bonds. The molecule has 7 N–H and O–H groups in total. The summed E-state index contributed by atoms with van der Waals surface area (Å²) >= 11 is 0. The molecule has 4 aliphatic rings. The lowest BCUT2D eigenvalue weighted by Crippen LogP contribution is -2.60. The maximum absolute atomic E-state index is 14.7. The van der Waals surface area contributed by atoms with Crippen LogP contribution >= 0.6 is 0 Å². The molecule has 0 radical (unpaired) electrons. The lowest BCUT2D eigenvalue weighted by atomic mass is 10.0. The molecular formula is C39H47N9O9. The lowest BCUT2D eigenvalue weighted by Gasteiger charge is -2.30. The minimum atomic E-state index is -1.53. The zero-order valence-corrected chi connectivity index (χ0v) is 31.9. The molecule has 2 bridgehead atoms. The fourth-order valence-electron chi connectivity index (χ4n) is 7.10. The van der Waals surface area contributed by atoms with Gasteiger partial charge in [0.25, 0.3) is 11.8 Å². The van der Waals surface area contributed by atoms with Crippen molar-refractivity contribution in [3.8, 4) is 5.75 Å². The van der Waals surface area contributed by atoms with Crippen LogP contribution in [-0.4, -0.2) is 130 Å². The van der Waals surface area contributed by atoms with E-state index in [1.807, 2.05) is 24.3 Å². The van der Waals surface area contributed by atoms with Crippen LogP contribution in [0.3, 0.4) is 0 Å². The minimum Gasteiger partial charge on any atom is -0.484 e. The number of ether oxygens (including phenoxy) is 1. The van der Waals surface area contributed by atoms with E-state index < -0.39 is 78.4 Å². The molecule has 18 heteroatoms. The van der Waals surface area contributed by atoms with Gasteiger partial charge in [-0.15, -0.1) is 0 Å². The number of hydrazone groups is 1. The van der Waals surface area contributed by atoms with Crippen molar-refractivity contribution in [3.63, 3.8) is 0 Å². The summed E-state index contributed by atoms with van der Waals surface area (Å²) in [5, 5.41) is 30.1. The average Bonchev–Trinajstić information content (AvgIpc) is 3.80. The molecule has 2 aromatic carbocycles. The van der Waals surface area contributed by atoms with Crippen molar-refractivity contribution in [1.29, 1.82) is 0 Å². The van der Waals surface area contributed by atoms with E-state index in [0.29, 0.717) is 17.7 Å². The summed E-state index contributed by atoms with van der Waals surface area (Å²) in [6.07, 6.45) is 0.864. The normalized spacial score (nSPS) is 24.8. The lowest BCUT2D eigenvalue weighted by molar-refractivity contribution is -0.143. The number of H-pyrrole nitrogens is 1. The Labute approximate surface area is 328 Å². The van der Waals surface area contributed by atoms with Crippen LogP contribution < -0.4 is 31.3 Å². The number of aliphatic hydroxyl groups is 1. The number of aromatic nitrogens is 1. The zero-order chi connectivity index (χ0) is 40.8. The average molecular weight is 786 g/mol. The summed E-state index contributed by atoms with van der Waals surface area (Å²) < 4.78 is 5.76. The van der Waals surface area contributed by atoms with Crippen molar-refractivity contribution in [3.05, 3.63) is 65.9 Å². The molecule has 18 nitrogen and oxygen atoms in total. The van der Waals surface area contributed by atoms with E-state index in [1.165, 1.54) is 25.8 Å². The number of nitrogens with one attached hydrogen (secondary N) is 6. The standard InChI is InChI=1S/C39H47N9O9/c1-21-35(52)40-15-14-23-8-10-26(11-9-23)57-20-32(50)44-30(16-24-18-41-28-7-5-4-6-27(24)28)39(56)48-19-25(43-36(53)29-12-13-33(51)47(3)46-29)17-31(48)37(54)45-34(22(2)49)38(55)42-21/h4-11,18,21-22,25,30-31,34,41,49H,12-17,19-20H2,1-3H3,(H,40,52)(H,42,55)(H,43,53)(H,44,50)(H,45,54)/t21-,22+,25-,30+,31-,34-/m0/s1. The highest BCUT2D eigenvalue weighted by atomic mass is 16.5. The van der Waals surface area contributed by atoms with Crippen molar-refractivity contribution < 1.29 is 43.4 Å². The van der Waals surface area contributed by atoms with Gasteiger partial charge in [-0.1, -0.05) is 30.3 Å². The van der Waals surface area contributed by atoms with Crippen molar-refractivity contribution in [2.24, 2.45) is 5.10 Å². The van der Waals surface area contributed by atoms with Crippen LogP contribution in [0.15, 0.2) is 59.8 Å². The number of aromatic amines is 1. The Bertz CT molecular complexity index is 2060. The Morgan fingerprint density at radius 1 is 0.965 bits per heavy atom. The first-order valence-corrected chi connectivity index (χ1v) is 18.9. The van der Waals surface area contributed by atoms with E-state index >= 15 is 0 Å². The molecule has 302 valence electrons. The quantitative estimate of drug-likeness (QED) is 0.157. The molecule has 6 atom stereocenters. The van der Waals surface area contributed by atoms with Gasteiger partial charge >= 0.3 is 0 Å². The topological polar surface area (TPSA) is 244 Å². The fraction of sp³-hybridized carbons (Fsp3) is 0.436. The second-order valence-electron chi connectivity index (χ2n) is 14.5. The molecule has 7 rings (SSSR count). The molecule has 1 aromatic heterocycles. The number of hydrogen-bond donors (Lipinski definition) is 7. The Balaban J connectivity index is 1.33. The number of para-hydroxylation sites is 1. The number of rotatable bonds is 5. The SMILES string of the molecule is C[C@@H]1NC(=O)[C@H]([C@@H](C)O)NC(=O)[C@@H]2C[C@H](NC(=O)C3=NN(C)C(=O)CC3)CN2C(=O)[C@@H](Cc2c[nH]c3ccccc23)NC(=O)COc2ccc(cc2)CCNC1=O.